The number of pyridine rings is 1. The molecule has 3 heterocycles. The second kappa shape index (κ2) is 6.79. The zero-order chi connectivity index (χ0) is 17.9. The number of hydrogen-bond donors (Lipinski definition) is 1. The molecule has 2 aromatic heterocycles. The van der Waals surface area contributed by atoms with Gasteiger partial charge in [-0.3, -0.25) is 4.79 Å². The summed E-state index contributed by atoms with van der Waals surface area (Å²) in [5, 5.41) is 2.69. The molecule has 0 spiro atoms. The highest BCUT2D eigenvalue weighted by molar-refractivity contribution is 6.05. The molecule has 0 atom stereocenters. The average molecular weight is 350 g/mol. The molecule has 3 aromatic rings. The predicted octanol–water partition coefficient (Wildman–Crippen LogP) is 3.29. The van der Waals surface area contributed by atoms with E-state index >= 15 is 0 Å². The monoisotopic (exact) mass is 350 g/mol. The Bertz CT molecular complexity index is 997. The molecular weight excluding hydrogens is 335 g/mol. The van der Waals surface area contributed by atoms with Gasteiger partial charge in [0, 0.05) is 18.9 Å². The van der Waals surface area contributed by atoms with E-state index in [1.807, 2.05) is 29.0 Å². The highest BCUT2D eigenvalue weighted by atomic mass is 19.1. The van der Waals surface area contributed by atoms with E-state index in [0.29, 0.717) is 29.6 Å². The van der Waals surface area contributed by atoms with E-state index in [1.54, 1.807) is 18.3 Å². The van der Waals surface area contributed by atoms with Crippen molar-refractivity contribution >= 4 is 11.7 Å². The Morgan fingerprint density at radius 3 is 3.04 bits per heavy atom. The van der Waals surface area contributed by atoms with Crippen LogP contribution in [-0.2, 0) is 6.54 Å². The van der Waals surface area contributed by atoms with E-state index < -0.39 is 11.7 Å². The molecule has 0 fully saturated rings. The van der Waals surface area contributed by atoms with Crippen LogP contribution < -0.4 is 10.1 Å². The molecule has 1 N–H and O–H groups in total. The molecule has 6 nitrogen and oxygen atoms in total. The lowest BCUT2D eigenvalue weighted by atomic mass is 10.1. The molecule has 4 rings (SSSR count). The first-order chi connectivity index (χ1) is 12.7. The molecule has 7 heteroatoms. The van der Waals surface area contributed by atoms with Crippen LogP contribution in [0.15, 0.2) is 60.9 Å². The minimum absolute atomic E-state index is 0.115. The van der Waals surface area contributed by atoms with Crippen molar-refractivity contribution < 1.29 is 13.9 Å². The molecule has 0 saturated heterocycles. The lowest BCUT2D eigenvalue weighted by molar-refractivity contribution is 0.102. The van der Waals surface area contributed by atoms with Crippen LogP contribution in [0.25, 0.3) is 11.5 Å². The normalized spacial score (nSPS) is 15.0. The van der Waals surface area contributed by atoms with E-state index in [1.165, 1.54) is 12.1 Å². The Balaban J connectivity index is 1.78. The number of rotatable bonds is 0. The summed E-state index contributed by atoms with van der Waals surface area (Å²) in [5.41, 5.74) is 0.748. The first-order valence-corrected chi connectivity index (χ1v) is 8.08. The number of carbonyl (C=O) groups is 1. The van der Waals surface area contributed by atoms with Crippen molar-refractivity contribution in [3.8, 4) is 17.3 Å². The highest BCUT2D eigenvalue weighted by Crippen LogP contribution is 2.23. The lowest BCUT2D eigenvalue weighted by Crippen LogP contribution is -2.15. The van der Waals surface area contributed by atoms with Crippen LogP contribution in [0, 0.1) is 5.82 Å². The van der Waals surface area contributed by atoms with E-state index in [9.17, 15) is 9.18 Å². The Morgan fingerprint density at radius 2 is 2.12 bits per heavy atom. The molecule has 1 aromatic carbocycles. The Morgan fingerprint density at radius 1 is 1.19 bits per heavy atom. The SMILES string of the molecule is O=C1Nc2cccc(n2)-c2nccn2C/C=C/COc2ccc(F)cc21. The van der Waals surface area contributed by atoms with Crippen LogP contribution in [0.1, 0.15) is 10.4 Å². The van der Waals surface area contributed by atoms with Gasteiger partial charge in [0.2, 0.25) is 0 Å². The summed E-state index contributed by atoms with van der Waals surface area (Å²) in [6, 6.07) is 9.12. The van der Waals surface area contributed by atoms with Gasteiger partial charge in [0.25, 0.3) is 5.91 Å². The van der Waals surface area contributed by atoms with E-state index in [4.69, 9.17) is 4.74 Å². The molecule has 26 heavy (non-hydrogen) atoms. The second-order valence-electron chi connectivity index (χ2n) is 5.69. The molecule has 0 saturated carbocycles. The summed E-state index contributed by atoms with van der Waals surface area (Å²) >= 11 is 0. The van der Waals surface area contributed by atoms with Crippen LogP contribution in [0.2, 0.25) is 0 Å². The summed E-state index contributed by atoms with van der Waals surface area (Å²) in [6.07, 6.45) is 7.33. The van der Waals surface area contributed by atoms with Crippen molar-refractivity contribution in [2.75, 3.05) is 11.9 Å². The predicted molar refractivity (Wildman–Crippen MR) is 94.4 cm³/mol. The molecule has 2 bridgehead atoms. The number of allylic oxidation sites excluding steroid dienone is 1. The van der Waals surface area contributed by atoms with Crippen molar-refractivity contribution in [2.45, 2.75) is 6.54 Å². The molecule has 1 aliphatic heterocycles. The van der Waals surface area contributed by atoms with Crippen molar-refractivity contribution in [2.24, 2.45) is 0 Å². The maximum atomic E-state index is 13.6. The van der Waals surface area contributed by atoms with Crippen molar-refractivity contribution in [1.82, 2.24) is 14.5 Å². The number of amides is 1. The third-order valence-electron chi connectivity index (χ3n) is 3.93. The van der Waals surface area contributed by atoms with Crippen LogP contribution in [0.4, 0.5) is 10.2 Å². The van der Waals surface area contributed by atoms with Gasteiger partial charge in [-0.15, -0.1) is 0 Å². The van der Waals surface area contributed by atoms with Gasteiger partial charge in [-0.1, -0.05) is 12.1 Å². The van der Waals surface area contributed by atoms with Gasteiger partial charge in [-0.25, -0.2) is 14.4 Å². The smallest absolute Gasteiger partial charge is 0.260 e. The standard InChI is InChI=1S/C19H15FN4O2/c20-13-6-7-16-14(12-13)19(25)23-17-5-3-4-15(22-17)18-21-8-10-24(18)9-1-2-11-26-16/h1-8,10,12H,9,11H2,(H,22,23,25)/b2-1+. The summed E-state index contributed by atoms with van der Waals surface area (Å²) in [7, 11) is 0. The van der Waals surface area contributed by atoms with Crippen LogP contribution in [0.5, 0.6) is 5.75 Å². The van der Waals surface area contributed by atoms with Crippen molar-refractivity contribution in [1.29, 1.82) is 0 Å². The first kappa shape index (κ1) is 16.0. The molecule has 0 aliphatic carbocycles. The third kappa shape index (κ3) is 3.19. The van der Waals surface area contributed by atoms with E-state index in [2.05, 4.69) is 15.3 Å². The van der Waals surface area contributed by atoms with E-state index in [-0.39, 0.29) is 12.2 Å². The number of nitrogens with zero attached hydrogens (tertiary/aromatic N) is 3. The number of nitrogens with one attached hydrogen (secondary N) is 1. The number of ether oxygens (including phenoxy) is 1. The second-order valence-corrected chi connectivity index (χ2v) is 5.69. The summed E-state index contributed by atoms with van der Waals surface area (Å²) < 4.78 is 21.2. The highest BCUT2D eigenvalue weighted by Gasteiger charge is 2.16. The number of fused-ring (bicyclic) bond motifs is 5. The summed E-state index contributed by atoms with van der Waals surface area (Å²) in [5.74, 6) is 0.349. The summed E-state index contributed by atoms with van der Waals surface area (Å²) in [6.45, 7) is 0.868. The van der Waals surface area contributed by atoms with Gasteiger partial charge < -0.3 is 14.6 Å². The number of carbonyl (C=O) groups excluding carboxylic acids is 1. The van der Waals surface area contributed by atoms with Gasteiger partial charge in [0.1, 0.15) is 29.7 Å². The quantitative estimate of drug-likeness (QED) is 0.632. The molecule has 130 valence electrons. The van der Waals surface area contributed by atoms with Crippen LogP contribution in [-0.4, -0.2) is 27.0 Å². The zero-order valence-electron chi connectivity index (χ0n) is 13.7. The van der Waals surface area contributed by atoms with E-state index in [0.717, 1.165) is 6.07 Å². The Hall–Kier alpha value is -3.48. The Labute approximate surface area is 149 Å². The number of imidazole rings is 1. The fourth-order valence-corrected chi connectivity index (χ4v) is 2.70. The fourth-order valence-electron chi connectivity index (χ4n) is 2.70. The Kier molecular flexibility index (Phi) is 4.18. The third-order valence-corrected chi connectivity index (χ3v) is 3.93. The average Bonchev–Trinajstić information content (AvgIpc) is 3.10. The number of aromatic nitrogens is 3. The number of anilines is 1. The maximum Gasteiger partial charge on any atom is 0.260 e. The number of benzene rings is 1. The van der Waals surface area contributed by atoms with Crippen LogP contribution >= 0.6 is 0 Å². The molecule has 1 amide bonds. The van der Waals surface area contributed by atoms with Gasteiger partial charge in [0.15, 0.2) is 5.82 Å². The lowest BCUT2D eigenvalue weighted by Gasteiger charge is -2.12. The largest absolute Gasteiger partial charge is 0.489 e. The minimum atomic E-state index is -0.511. The summed E-state index contributed by atoms with van der Waals surface area (Å²) in [4.78, 5) is 21.4. The number of halogens is 1. The van der Waals surface area contributed by atoms with Gasteiger partial charge in [-0.05, 0) is 36.4 Å². The van der Waals surface area contributed by atoms with Crippen LogP contribution in [0.3, 0.4) is 0 Å². The number of hydrogen-bond acceptors (Lipinski definition) is 4. The molecule has 0 radical (unpaired) electrons. The fraction of sp³-hybridized carbons (Fsp3) is 0.105. The molecule has 1 aliphatic rings. The van der Waals surface area contributed by atoms with Crippen molar-refractivity contribution in [3.05, 3.63) is 72.3 Å². The topological polar surface area (TPSA) is 69.0 Å². The van der Waals surface area contributed by atoms with Crippen molar-refractivity contribution in [3.63, 3.8) is 0 Å². The van der Waals surface area contributed by atoms with Gasteiger partial charge in [0.05, 0.1) is 5.56 Å². The van der Waals surface area contributed by atoms with Gasteiger partial charge in [-0.2, -0.15) is 0 Å². The minimum Gasteiger partial charge on any atom is -0.489 e. The molecule has 0 unspecified atom stereocenters. The van der Waals surface area contributed by atoms with Gasteiger partial charge >= 0.3 is 0 Å². The molecular formula is C19H15FN4O2. The zero-order valence-corrected chi connectivity index (χ0v) is 13.7. The maximum absolute atomic E-state index is 13.6. The first-order valence-electron chi connectivity index (χ1n) is 8.08.